The van der Waals surface area contributed by atoms with Crippen molar-refractivity contribution in [3.05, 3.63) is 0 Å². The Labute approximate surface area is 124 Å². The van der Waals surface area contributed by atoms with E-state index in [0.717, 1.165) is 19.3 Å². The van der Waals surface area contributed by atoms with Gasteiger partial charge in [-0.25, -0.2) is 4.79 Å². The zero-order valence-electron chi connectivity index (χ0n) is 11.8. The first-order valence-electron chi connectivity index (χ1n) is 7.02. The predicted octanol–water partition coefficient (Wildman–Crippen LogP) is 0.743. The third-order valence-corrected chi connectivity index (χ3v) is 4.57. The fraction of sp³-hybridized carbons (Fsp3) is 0.769. The van der Waals surface area contributed by atoms with Crippen molar-refractivity contribution in [3.63, 3.8) is 0 Å². The van der Waals surface area contributed by atoms with Crippen LogP contribution in [0.1, 0.15) is 26.2 Å². The van der Waals surface area contributed by atoms with Gasteiger partial charge in [-0.2, -0.15) is 0 Å². The minimum atomic E-state index is -0.624. The number of nitrogens with two attached hydrogens (primary N) is 1. The average molecular weight is 299 g/mol. The predicted molar refractivity (Wildman–Crippen MR) is 78.2 cm³/mol. The van der Waals surface area contributed by atoms with Crippen LogP contribution in [0.3, 0.4) is 0 Å². The molecule has 0 aromatic heterocycles. The molecule has 0 atom stereocenters. The fourth-order valence-corrected chi connectivity index (χ4v) is 3.00. The lowest BCUT2D eigenvalue weighted by molar-refractivity contribution is -0.143. The van der Waals surface area contributed by atoms with Crippen LogP contribution in [-0.4, -0.2) is 59.6 Å². The Bertz CT molecular complexity index is 415. The summed E-state index contributed by atoms with van der Waals surface area (Å²) in [6, 6.07) is 0. The highest BCUT2D eigenvalue weighted by Gasteiger charge is 2.49. The third kappa shape index (κ3) is 2.59. The number of hydrogen-bond acceptors (Lipinski definition) is 4. The zero-order chi connectivity index (χ0) is 14.8. The Morgan fingerprint density at radius 2 is 1.75 bits per heavy atom. The van der Waals surface area contributed by atoms with E-state index in [1.165, 1.54) is 0 Å². The molecule has 1 saturated carbocycles. The van der Waals surface area contributed by atoms with Crippen molar-refractivity contribution < 1.29 is 14.3 Å². The lowest BCUT2D eigenvalue weighted by Gasteiger charge is -2.44. The highest BCUT2D eigenvalue weighted by atomic mass is 32.1. The van der Waals surface area contributed by atoms with E-state index >= 15 is 0 Å². The standard InChI is InChI=1S/C13H21N3O3S/c1-2-19-12(18)16-8-6-15(7-9-16)11(17)13(10(14)20)4-3-5-13/h2-9H2,1H3,(H2,14,20). The number of hydrogen-bond donors (Lipinski definition) is 1. The highest BCUT2D eigenvalue weighted by molar-refractivity contribution is 7.80. The van der Waals surface area contributed by atoms with E-state index in [-0.39, 0.29) is 12.0 Å². The summed E-state index contributed by atoms with van der Waals surface area (Å²) in [5.41, 5.74) is 5.13. The first-order chi connectivity index (χ1) is 9.51. The van der Waals surface area contributed by atoms with Gasteiger partial charge in [-0.3, -0.25) is 4.79 Å². The quantitative estimate of drug-likeness (QED) is 0.778. The van der Waals surface area contributed by atoms with Crippen LogP contribution >= 0.6 is 12.2 Å². The Morgan fingerprint density at radius 3 is 2.15 bits per heavy atom. The van der Waals surface area contributed by atoms with E-state index in [1.54, 1.807) is 16.7 Å². The number of carbonyl (C=O) groups is 2. The maximum Gasteiger partial charge on any atom is 0.409 e. The topological polar surface area (TPSA) is 75.9 Å². The van der Waals surface area contributed by atoms with Gasteiger partial charge in [-0.05, 0) is 19.8 Å². The van der Waals surface area contributed by atoms with Gasteiger partial charge in [0.05, 0.1) is 17.0 Å². The van der Waals surface area contributed by atoms with Crippen molar-refractivity contribution in [2.45, 2.75) is 26.2 Å². The van der Waals surface area contributed by atoms with E-state index in [9.17, 15) is 9.59 Å². The van der Waals surface area contributed by atoms with Gasteiger partial charge < -0.3 is 20.3 Å². The fourth-order valence-electron chi connectivity index (χ4n) is 2.71. The van der Waals surface area contributed by atoms with Gasteiger partial charge in [0.1, 0.15) is 0 Å². The second-order valence-electron chi connectivity index (χ2n) is 5.28. The van der Waals surface area contributed by atoms with E-state index < -0.39 is 5.41 Å². The molecular weight excluding hydrogens is 278 g/mol. The molecule has 1 aliphatic heterocycles. The van der Waals surface area contributed by atoms with Gasteiger partial charge >= 0.3 is 6.09 Å². The molecule has 0 aromatic rings. The molecule has 2 fully saturated rings. The first-order valence-corrected chi connectivity index (χ1v) is 7.43. The third-order valence-electron chi connectivity index (χ3n) is 4.18. The number of carbonyl (C=O) groups excluding carboxylic acids is 2. The van der Waals surface area contributed by atoms with Crippen molar-refractivity contribution in [2.75, 3.05) is 32.8 Å². The van der Waals surface area contributed by atoms with E-state index in [0.29, 0.717) is 37.8 Å². The molecule has 2 N–H and O–H groups in total. The smallest absolute Gasteiger partial charge is 0.409 e. The van der Waals surface area contributed by atoms with Crippen LogP contribution in [0.25, 0.3) is 0 Å². The number of thiocarbonyl (C=S) groups is 1. The molecule has 0 spiro atoms. The molecule has 1 aliphatic carbocycles. The van der Waals surface area contributed by atoms with Crippen molar-refractivity contribution >= 4 is 29.2 Å². The maximum absolute atomic E-state index is 12.6. The Morgan fingerprint density at radius 1 is 1.20 bits per heavy atom. The monoisotopic (exact) mass is 299 g/mol. The second-order valence-corrected chi connectivity index (χ2v) is 5.72. The van der Waals surface area contributed by atoms with Gasteiger partial charge in [-0.15, -0.1) is 0 Å². The van der Waals surface area contributed by atoms with Gasteiger partial charge in [0, 0.05) is 26.2 Å². The van der Waals surface area contributed by atoms with Crippen molar-refractivity contribution in [2.24, 2.45) is 11.1 Å². The second kappa shape index (κ2) is 5.95. The van der Waals surface area contributed by atoms with Gasteiger partial charge in [0.25, 0.3) is 0 Å². The van der Waals surface area contributed by atoms with E-state index in [4.69, 9.17) is 22.7 Å². The summed E-state index contributed by atoms with van der Waals surface area (Å²) < 4.78 is 4.96. The molecular formula is C13H21N3O3S. The SMILES string of the molecule is CCOC(=O)N1CCN(C(=O)C2(C(N)=S)CCC2)CC1. The van der Waals surface area contributed by atoms with E-state index in [2.05, 4.69) is 0 Å². The normalized spacial score (nSPS) is 21.1. The van der Waals surface area contributed by atoms with Crippen molar-refractivity contribution in [1.82, 2.24) is 9.80 Å². The molecule has 1 saturated heterocycles. The summed E-state index contributed by atoms with van der Waals surface area (Å²) in [5.74, 6) is 0.0276. The summed E-state index contributed by atoms with van der Waals surface area (Å²) >= 11 is 5.07. The maximum atomic E-state index is 12.6. The number of nitrogens with zero attached hydrogens (tertiary/aromatic N) is 2. The van der Waals surface area contributed by atoms with Crippen LogP contribution in [0.4, 0.5) is 4.79 Å². The molecule has 20 heavy (non-hydrogen) atoms. The van der Waals surface area contributed by atoms with Gasteiger partial charge in [0.2, 0.25) is 5.91 Å². The van der Waals surface area contributed by atoms with Crippen molar-refractivity contribution in [1.29, 1.82) is 0 Å². The van der Waals surface area contributed by atoms with Crippen LogP contribution in [0.2, 0.25) is 0 Å². The molecule has 0 aromatic carbocycles. The van der Waals surface area contributed by atoms with Gasteiger partial charge in [0.15, 0.2) is 0 Å². The minimum absolute atomic E-state index is 0.0276. The average Bonchev–Trinajstić information content (AvgIpc) is 2.37. The molecule has 0 bridgehead atoms. The molecule has 112 valence electrons. The number of piperazine rings is 1. The molecule has 1 heterocycles. The molecule has 2 rings (SSSR count). The molecule has 6 nitrogen and oxygen atoms in total. The highest BCUT2D eigenvalue weighted by Crippen LogP contribution is 2.43. The summed E-state index contributed by atoms with van der Waals surface area (Å²) in [6.45, 7) is 4.17. The van der Waals surface area contributed by atoms with E-state index in [1.807, 2.05) is 0 Å². The van der Waals surface area contributed by atoms with Crippen LogP contribution in [-0.2, 0) is 9.53 Å². The van der Waals surface area contributed by atoms with Crippen LogP contribution in [0, 0.1) is 5.41 Å². The number of ether oxygens (including phenoxy) is 1. The lowest BCUT2D eigenvalue weighted by atomic mass is 9.67. The number of rotatable bonds is 3. The Kier molecular flexibility index (Phi) is 4.47. The first kappa shape index (κ1) is 15.0. The molecule has 2 amide bonds. The molecule has 0 unspecified atom stereocenters. The van der Waals surface area contributed by atoms with Crippen LogP contribution in [0.5, 0.6) is 0 Å². The number of amides is 2. The minimum Gasteiger partial charge on any atom is -0.450 e. The molecule has 7 heteroatoms. The van der Waals surface area contributed by atoms with Crippen LogP contribution in [0.15, 0.2) is 0 Å². The Balaban J connectivity index is 1.92. The lowest BCUT2D eigenvalue weighted by Crippen LogP contribution is -2.59. The van der Waals surface area contributed by atoms with Crippen LogP contribution < -0.4 is 5.73 Å². The largest absolute Gasteiger partial charge is 0.450 e. The molecule has 0 radical (unpaired) electrons. The summed E-state index contributed by atoms with van der Waals surface area (Å²) in [6.07, 6.45) is 2.18. The summed E-state index contributed by atoms with van der Waals surface area (Å²) in [4.78, 5) is 27.9. The van der Waals surface area contributed by atoms with Gasteiger partial charge in [-0.1, -0.05) is 18.6 Å². The zero-order valence-corrected chi connectivity index (χ0v) is 12.6. The summed E-state index contributed by atoms with van der Waals surface area (Å²) in [5, 5.41) is 0. The van der Waals surface area contributed by atoms with Crippen molar-refractivity contribution in [3.8, 4) is 0 Å². The Hall–Kier alpha value is -1.37. The summed E-state index contributed by atoms with van der Waals surface area (Å²) in [7, 11) is 0. The molecule has 2 aliphatic rings.